The number of aromatic nitrogens is 6. The van der Waals surface area contributed by atoms with Crippen LogP contribution in [-0.4, -0.2) is 42.7 Å². The Bertz CT molecular complexity index is 5030. The number of nitrogens with zero attached hydrogens (tertiary/aromatic N) is 7. The Morgan fingerprint density at radius 3 is 1.74 bits per heavy atom. The Morgan fingerprint density at radius 1 is 0.462 bits per heavy atom. The zero-order valence-electron chi connectivity index (χ0n) is 54.7. The molecule has 8 heteroatoms. The van der Waals surface area contributed by atoms with Crippen LogP contribution in [-0.2, 0) is 5.41 Å². The van der Waals surface area contributed by atoms with Crippen LogP contribution in [0.5, 0.6) is 0 Å². The first kappa shape index (κ1) is 35.2. The highest BCUT2D eigenvalue weighted by atomic mass is 28.3. The molecule has 1 aliphatic heterocycles. The quantitative estimate of drug-likeness (QED) is 0.106. The molecule has 78 heavy (non-hydrogen) atoms. The van der Waals surface area contributed by atoms with Crippen molar-refractivity contribution < 1.29 is 16.4 Å². The van der Waals surface area contributed by atoms with E-state index in [-0.39, 0.29) is 56.7 Å². The molecule has 4 aromatic heterocycles. The lowest BCUT2D eigenvalue weighted by molar-refractivity contribution is 0.191. The molecule has 15 rings (SSSR count). The van der Waals surface area contributed by atoms with E-state index in [1.165, 1.54) is 4.57 Å². The van der Waals surface area contributed by atoms with Gasteiger partial charge in [-0.3, -0.25) is 9.55 Å². The second-order valence-corrected chi connectivity index (χ2v) is 24.6. The number of benzene rings is 9. The summed E-state index contributed by atoms with van der Waals surface area (Å²) in [6, 6.07) is 51.5. The molecule has 9 aromatic carbocycles. The lowest BCUT2D eigenvalue weighted by Gasteiger charge is -2.50. The van der Waals surface area contributed by atoms with Gasteiger partial charge in [0.2, 0.25) is 5.95 Å². The number of para-hydroxylation sites is 5. The van der Waals surface area contributed by atoms with Gasteiger partial charge in [0.05, 0.1) is 61.1 Å². The summed E-state index contributed by atoms with van der Waals surface area (Å²) in [7, 11) is -3.50. The molecular formula is C70H55N7Si. The molecule has 13 aromatic rings. The van der Waals surface area contributed by atoms with E-state index in [0.717, 1.165) is 73.2 Å². The molecule has 0 bridgehead atoms. The smallest absolute Gasteiger partial charge is 0.238 e. The minimum absolute atomic E-state index is 0.00727. The predicted molar refractivity (Wildman–Crippen MR) is 324 cm³/mol. The Kier molecular flexibility index (Phi) is 8.08. The largest absolute Gasteiger partial charge is 0.332 e. The third kappa shape index (κ3) is 6.75. The number of fused-ring (bicyclic) bond motifs is 9. The van der Waals surface area contributed by atoms with Crippen molar-refractivity contribution in [3.63, 3.8) is 0 Å². The number of pyridine rings is 1. The molecule has 1 aliphatic carbocycles. The highest BCUT2D eigenvalue weighted by Crippen LogP contribution is 2.61. The molecule has 374 valence electrons. The predicted octanol–water partition coefficient (Wildman–Crippen LogP) is 13.9. The molecule has 5 heterocycles. The van der Waals surface area contributed by atoms with Crippen molar-refractivity contribution in [2.75, 3.05) is 4.90 Å². The van der Waals surface area contributed by atoms with Crippen molar-refractivity contribution in [1.29, 1.82) is 0 Å². The lowest BCUT2D eigenvalue weighted by Crippen LogP contribution is -2.74. The number of hydrogen-bond donors (Lipinski definition) is 0. The first-order valence-electron chi connectivity index (χ1n) is 32.4. The molecule has 2 atom stereocenters. The summed E-state index contributed by atoms with van der Waals surface area (Å²) in [5.41, 5.74) is 3.14. The maximum Gasteiger partial charge on any atom is 0.238 e. The summed E-state index contributed by atoms with van der Waals surface area (Å²) >= 11 is 0. The number of hydrogen-bond acceptors (Lipinski definition) is 5. The Hall–Kier alpha value is -9.24. The zero-order chi connectivity index (χ0) is 62.4. The van der Waals surface area contributed by atoms with E-state index in [1.54, 1.807) is 6.20 Å². The van der Waals surface area contributed by atoms with Crippen LogP contribution in [0.1, 0.15) is 61.7 Å². The Balaban J connectivity index is 1.06. The van der Waals surface area contributed by atoms with Gasteiger partial charge in [-0.1, -0.05) is 202 Å². The van der Waals surface area contributed by atoms with E-state index in [1.807, 2.05) is 71.6 Å². The molecule has 0 N–H and O–H groups in total. The minimum Gasteiger partial charge on any atom is -0.332 e. The van der Waals surface area contributed by atoms with Gasteiger partial charge in [-0.15, -0.1) is 0 Å². The summed E-state index contributed by atoms with van der Waals surface area (Å²) < 4.78 is 116. The van der Waals surface area contributed by atoms with Gasteiger partial charge in [0.15, 0.2) is 19.7 Å². The zero-order valence-corrected chi connectivity index (χ0v) is 43.7. The summed E-state index contributed by atoms with van der Waals surface area (Å²) in [6.45, 7) is 4.28. The fourth-order valence-corrected chi connectivity index (χ4v) is 18.0. The van der Waals surface area contributed by atoms with Gasteiger partial charge in [-0.05, 0) is 101 Å². The van der Waals surface area contributed by atoms with E-state index in [2.05, 4.69) is 122 Å². The fraction of sp³-hybridized carbons (Fsp3) is 0.114. The second-order valence-electron chi connectivity index (χ2n) is 20.8. The van der Waals surface area contributed by atoms with Gasteiger partial charge in [-0.2, -0.15) is 9.97 Å². The molecule has 1 fully saturated rings. The third-order valence-electron chi connectivity index (χ3n) is 16.9. The maximum absolute atomic E-state index is 10.0. The van der Waals surface area contributed by atoms with E-state index < -0.39 is 85.5 Å². The third-order valence-corrected chi connectivity index (χ3v) is 21.6. The standard InChI is InChI=1S/C70H55N7Si/c1-69-43-19-20-44-70(69,2)77(64-42-23-45-71-65(64)69)63-41-18-13-36-58(63)67-72-66(73-68(74-67)76-61-39-16-11-34-56(61)57-35-12-17-40-62(57)76)48-24-21-30-52(46-48)78(50-26-5-3-6-27-50,51-28-7-4-8-29-51)53-31-22-25-49(47-53)75-59-37-14-9-32-54(59)55-33-10-15-38-60(55)75/h3-18,21-42,45-47H,19-20,43-44H2,1-2H3/i11D,12D,13D,16D,17D,18D,34D,35D,36D,39D,40D,41D. The SMILES string of the molecule is [2H]c1c([2H])c([2H])c(N2c3cccnc3C3(C)CCCCC23C)c(-c2nc(-c3cccc([Si](c4ccccc4)(c4ccccc4)c4cccc(-n5c6ccccc6c6ccccc65)c4)c3)nc(-n3c4c([2H])c([2H])c([2H])c([2H])c4c4c([2H])c([2H])c([2H])c([2H])c43)n2)c1[2H]. The number of rotatable bonds is 9. The molecule has 1 saturated carbocycles. The van der Waals surface area contributed by atoms with E-state index >= 15 is 0 Å². The Labute approximate surface area is 471 Å². The van der Waals surface area contributed by atoms with Crippen LogP contribution in [0.3, 0.4) is 0 Å². The van der Waals surface area contributed by atoms with Gasteiger partial charge in [0.25, 0.3) is 0 Å². The molecule has 2 unspecified atom stereocenters. The molecule has 0 spiro atoms. The molecular weight excluding hydrogens is 967 g/mol. The lowest BCUT2D eigenvalue weighted by atomic mass is 9.63. The first-order valence-corrected chi connectivity index (χ1v) is 28.4. The summed E-state index contributed by atoms with van der Waals surface area (Å²) in [4.78, 5) is 22.7. The molecule has 0 radical (unpaired) electrons. The first-order chi connectivity index (χ1) is 43.4. The van der Waals surface area contributed by atoms with Crippen molar-refractivity contribution in [3.8, 4) is 34.4 Å². The van der Waals surface area contributed by atoms with Crippen molar-refractivity contribution in [2.45, 2.75) is 50.5 Å². The Morgan fingerprint density at radius 2 is 1.04 bits per heavy atom. The normalized spacial score (nSPS) is 19.4. The maximum atomic E-state index is 10.0. The van der Waals surface area contributed by atoms with Gasteiger partial charge in [0, 0.05) is 50.0 Å². The minimum atomic E-state index is -3.50. The van der Waals surface area contributed by atoms with Crippen molar-refractivity contribution in [2.24, 2.45) is 0 Å². The summed E-state index contributed by atoms with van der Waals surface area (Å²) in [5.74, 6) is -0.572. The fourth-order valence-electron chi connectivity index (χ4n) is 13.2. The highest BCUT2D eigenvalue weighted by molar-refractivity contribution is 7.20. The van der Waals surface area contributed by atoms with E-state index in [9.17, 15) is 11.0 Å². The van der Waals surface area contributed by atoms with Gasteiger partial charge in [-0.25, -0.2) is 4.98 Å². The van der Waals surface area contributed by atoms with Crippen LogP contribution in [0.2, 0.25) is 0 Å². The van der Waals surface area contributed by atoms with Gasteiger partial charge in [0.1, 0.15) is 0 Å². The van der Waals surface area contributed by atoms with Crippen molar-refractivity contribution in [1.82, 2.24) is 29.1 Å². The van der Waals surface area contributed by atoms with Crippen LogP contribution < -0.4 is 25.6 Å². The van der Waals surface area contributed by atoms with Gasteiger partial charge >= 0.3 is 0 Å². The summed E-state index contributed by atoms with van der Waals surface area (Å²) in [6.07, 6.45) is 4.89. The van der Waals surface area contributed by atoms with E-state index in [0.29, 0.717) is 17.7 Å². The van der Waals surface area contributed by atoms with Crippen molar-refractivity contribution >= 4 is 83.8 Å². The average molecular weight is 1030 g/mol. The van der Waals surface area contributed by atoms with E-state index in [4.69, 9.17) is 25.4 Å². The number of anilines is 2. The molecule has 0 amide bonds. The van der Waals surface area contributed by atoms with Crippen LogP contribution in [0.15, 0.2) is 249 Å². The second kappa shape index (κ2) is 17.9. The molecule has 0 saturated heterocycles. The topological polar surface area (TPSA) is 64.7 Å². The van der Waals surface area contributed by atoms with Crippen LogP contribution in [0.4, 0.5) is 11.4 Å². The van der Waals surface area contributed by atoms with Crippen LogP contribution in [0, 0.1) is 0 Å². The highest BCUT2D eigenvalue weighted by Gasteiger charge is 2.59. The van der Waals surface area contributed by atoms with Crippen LogP contribution >= 0.6 is 0 Å². The molecule has 7 nitrogen and oxygen atoms in total. The average Bonchev–Trinajstić information content (AvgIpc) is 1.54. The molecule has 2 aliphatic rings. The van der Waals surface area contributed by atoms with Crippen LogP contribution in [0.25, 0.3) is 78.0 Å². The monoisotopic (exact) mass is 1030 g/mol. The summed E-state index contributed by atoms with van der Waals surface area (Å²) in [5, 5.41) is 5.96. The van der Waals surface area contributed by atoms with Gasteiger partial charge < -0.3 is 9.47 Å². The van der Waals surface area contributed by atoms with Crippen molar-refractivity contribution in [3.05, 3.63) is 254 Å².